The van der Waals surface area contributed by atoms with Gasteiger partial charge in [-0.3, -0.25) is 4.79 Å². The molecule has 0 spiro atoms. The number of carbonyl (C=O) groups is 1. The van der Waals surface area contributed by atoms with Crippen LogP contribution in [0, 0.1) is 5.92 Å². The Morgan fingerprint density at radius 1 is 1.47 bits per heavy atom. The van der Waals surface area contributed by atoms with Gasteiger partial charge in [-0.05, 0) is 49.2 Å². The molecule has 17 heavy (non-hydrogen) atoms. The summed E-state index contributed by atoms with van der Waals surface area (Å²) in [6, 6.07) is 2.44. The van der Waals surface area contributed by atoms with Gasteiger partial charge in [-0.1, -0.05) is 0 Å². The molecular formula is C13H18N2OS. The molecule has 1 amide bonds. The number of aryl methyl sites for hydroxylation is 1. The first-order valence-corrected chi connectivity index (χ1v) is 7.30. The normalized spacial score (nSPS) is 27.8. The Kier molecular flexibility index (Phi) is 3.16. The lowest BCUT2D eigenvalue weighted by atomic mass is 9.93. The van der Waals surface area contributed by atoms with E-state index in [9.17, 15) is 4.79 Å². The molecule has 92 valence electrons. The van der Waals surface area contributed by atoms with Crippen LogP contribution < -0.4 is 10.6 Å². The van der Waals surface area contributed by atoms with Crippen molar-refractivity contribution in [3.63, 3.8) is 0 Å². The van der Waals surface area contributed by atoms with E-state index >= 15 is 0 Å². The highest BCUT2D eigenvalue weighted by Crippen LogP contribution is 2.33. The number of nitrogens with one attached hydrogen (secondary N) is 2. The first-order chi connectivity index (χ1) is 8.34. The van der Waals surface area contributed by atoms with Crippen LogP contribution in [0.1, 0.15) is 35.7 Å². The van der Waals surface area contributed by atoms with Crippen molar-refractivity contribution in [3.8, 4) is 0 Å². The third-order valence-electron chi connectivity index (χ3n) is 3.80. The van der Waals surface area contributed by atoms with Gasteiger partial charge in [-0.25, -0.2) is 0 Å². The summed E-state index contributed by atoms with van der Waals surface area (Å²) in [6.45, 7) is 1.82. The van der Waals surface area contributed by atoms with Gasteiger partial charge in [0.15, 0.2) is 0 Å². The summed E-state index contributed by atoms with van der Waals surface area (Å²) in [5, 5.41) is 8.62. The molecule has 2 atom stereocenters. The number of fused-ring (bicyclic) bond motifs is 1. The van der Waals surface area contributed by atoms with Crippen LogP contribution in [0.4, 0.5) is 0 Å². The first kappa shape index (κ1) is 11.2. The number of thiophene rings is 1. The Labute approximate surface area is 106 Å². The van der Waals surface area contributed by atoms with Crippen LogP contribution in [0.5, 0.6) is 0 Å². The quantitative estimate of drug-likeness (QED) is 0.841. The summed E-state index contributed by atoms with van der Waals surface area (Å²) < 4.78 is 0. The van der Waals surface area contributed by atoms with E-state index in [-0.39, 0.29) is 17.9 Å². The monoisotopic (exact) mass is 250 g/mol. The Bertz CT molecular complexity index is 409. The summed E-state index contributed by atoms with van der Waals surface area (Å²) in [4.78, 5) is 13.6. The summed E-state index contributed by atoms with van der Waals surface area (Å²) in [7, 11) is 0. The van der Waals surface area contributed by atoms with Crippen molar-refractivity contribution in [1.82, 2.24) is 10.6 Å². The predicted molar refractivity (Wildman–Crippen MR) is 69.1 cm³/mol. The highest BCUT2D eigenvalue weighted by Gasteiger charge is 2.27. The summed E-state index contributed by atoms with van der Waals surface area (Å²) in [5.41, 5.74) is 1.36. The van der Waals surface area contributed by atoms with E-state index in [4.69, 9.17) is 0 Å². The fourth-order valence-electron chi connectivity index (χ4n) is 2.80. The molecule has 1 aliphatic heterocycles. The average molecular weight is 250 g/mol. The molecule has 1 aliphatic carbocycles. The van der Waals surface area contributed by atoms with Crippen LogP contribution >= 0.6 is 11.3 Å². The molecule has 1 aromatic heterocycles. The highest BCUT2D eigenvalue weighted by molar-refractivity contribution is 7.10. The third-order valence-corrected chi connectivity index (χ3v) is 4.80. The molecule has 3 rings (SSSR count). The van der Waals surface area contributed by atoms with E-state index in [1.165, 1.54) is 23.3 Å². The van der Waals surface area contributed by atoms with Crippen molar-refractivity contribution >= 4 is 17.2 Å². The maximum absolute atomic E-state index is 12.1. The molecule has 0 saturated carbocycles. The van der Waals surface area contributed by atoms with Gasteiger partial charge in [0.05, 0.1) is 12.0 Å². The van der Waals surface area contributed by atoms with Crippen molar-refractivity contribution in [2.24, 2.45) is 5.92 Å². The molecule has 2 heterocycles. The smallest absolute Gasteiger partial charge is 0.224 e. The van der Waals surface area contributed by atoms with Crippen LogP contribution in [-0.2, 0) is 11.2 Å². The molecule has 2 aliphatic rings. The highest BCUT2D eigenvalue weighted by atomic mass is 32.1. The Balaban J connectivity index is 1.68. The molecule has 4 heteroatoms. The molecule has 1 fully saturated rings. The fraction of sp³-hybridized carbons (Fsp3) is 0.615. The zero-order valence-corrected chi connectivity index (χ0v) is 10.7. The van der Waals surface area contributed by atoms with Crippen LogP contribution in [-0.4, -0.2) is 19.0 Å². The average Bonchev–Trinajstić information content (AvgIpc) is 3.00. The standard InChI is InChI=1S/C13H18N2OS/c16-13(9-4-6-14-8-9)15-11-2-1-3-12-10(11)5-7-17-12/h5,7,9,11,14H,1-4,6,8H2,(H,15,16). The van der Waals surface area contributed by atoms with Gasteiger partial charge in [0.2, 0.25) is 5.91 Å². The minimum atomic E-state index is 0.180. The van der Waals surface area contributed by atoms with E-state index in [1.807, 2.05) is 11.3 Å². The van der Waals surface area contributed by atoms with E-state index < -0.39 is 0 Å². The molecule has 1 saturated heterocycles. The summed E-state index contributed by atoms with van der Waals surface area (Å²) in [6.07, 6.45) is 4.45. The van der Waals surface area contributed by atoms with Crippen molar-refractivity contribution in [2.75, 3.05) is 13.1 Å². The van der Waals surface area contributed by atoms with Gasteiger partial charge in [0, 0.05) is 11.4 Å². The zero-order chi connectivity index (χ0) is 11.7. The van der Waals surface area contributed by atoms with Crippen molar-refractivity contribution in [1.29, 1.82) is 0 Å². The molecule has 0 radical (unpaired) electrons. The predicted octanol–water partition coefficient (Wildman–Crippen LogP) is 1.85. The van der Waals surface area contributed by atoms with E-state index in [0.29, 0.717) is 0 Å². The lowest BCUT2D eigenvalue weighted by Crippen LogP contribution is -2.36. The second kappa shape index (κ2) is 4.78. The minimum Gasteiger partial charge on any atom is -0.349 e. The van der Waals surface area contributed by atoms with E-state index in [1.54, 1.807) is 0 Å². The Morgan fingerprint density at radius 2 is 2.41 bits per heavy atom. The Hall–Kier alpha value is -0.870. The molecule has 0 aromatic carbocycles. The molecule has 2 unspecified atom stereocenters. The molecular weight excluding hydrogens is 232 g/mol. The van der Waals surface area contributed by atoms with E-state index in [0.717, 1.165) is 25.9 Å². The Morgan fingerprint density at radius 3 is 3.24 bits per heavy atom. The zero-order valence-electron chi connectivity index (χ0n) is 9.87. The van der Waals surface area contributed by atoms with Gasteiger partial charge >= 0.3 is 0 Å². The number of amides is 1. The molecule has 1 aromatic rings. The summed E-state index contributed by atoms with van der Waals surface area (Å²) in [5.74, 6) is 0.415. The lowest BCUT2D eigenvalue weighted by molar-refractivity contribution is -0.125. The topological polar surface area (TPSA) is 41.1 Å². The SMILES string of the molecule is O=C(NC1CCCc2sccc21)C1CCNC1. The maximum atomic E-state index is 12.1. The number of carbonyl (C=O) groups excluding carboxylic acids is 1. The van der Waals surface area contributed by atoms with Crippen molar-refractivity contribution in [2.45, 2.75) is 31.7 Å². The largest absolute Gasteiger partial charge is 0.349 e. The molecule has 2 N–H and O–H groups in total. The second-order valence-electron chi connectivity index (χ2n) is 4.94. The number of rotatable bonds is 2. The number of hydrogen-bond acceptors (Lipinski definition) is 3. The third kappa shape index (κ3) is 2.24. The van der Waals surface area contributed by atoms with Gasteiger partial charge in [0.1, 0.15) is 0 Å². The fourth-order valence-corrected chi connectivity index (χ4v) is 3.79. The van der Waals surface area contributed by atoms with Crippen LogP contribution in [0.3, 0.4) is 0 Å². The van der Waals surface area contributed by atoms with E-state index in [2.05, 4.69) is 22.1 Å². The minimum absolute atomic E-state index is 0.180. The lowest BCUT2D eigenvalue weighted by Gasteiger charge is -2.25. The van der Waals surface area contributed by atoms with Crippen LogP contribution in [0.15, 0.2) is 11.4 Å². The van der Waals surface area contributed by atoms with Crippen molar-refractivity contribution in [3.05, 3.63) is 21.9 Å². The van der Waals surface area contributed by atoms with Crippen LogP contribution in [0.2, 0.25) is 0 Å². The second-order valence-corrected chi connectivity index (χ2v) is 5.94. The van der Waals surface area contributed by atoms with Crippen LogP contribution in [0.25, 0.3) is 0 Å². The summed E-state index contributed by atoms with van der Waals surface area (Å²) >= 11 is 1.82. The molecule has 3 nitrogen and oxygen atoms in total. The van der Waals surface area contributed by atoms with Gasteiger partial charge in [-0.15, -0.1) is 11.3 Å². The van der Waals surface area contributed by atoms with Gasteiger partial charge in [0.25, 0.3) is 0 Å². The van der Waals surface area contributed by atoms with Crippen molar-refractivity contribution < 1.29 is 4.79 Å². The molecule has 0 bridgehead atoms. The maximum Gasteiger partial charge on any atom is 0.224 e. The first-order valence-electron chi connectivity index (χ1n) is 6.42. The van der Waals surface area contributed by atoms with Gasteiger partial charge < -0.3 is 10.6 Å². The van der Waals surface area contributed by atoms with Gasteiger partial charge in [-0.2, -0.15) is 0 Å². The number of hydrogen-bond donors (Lipinski definition) is 2.